The Bertz CT molecular complexity index is 583. The number of benzene rings is 2. The van der Waals surface area contributed by atoms with Crippen molar-refractivity contribution in [3.8, 4) is 0 Å². The smallest absolute Gasteiger partial charge is 0.0676 e. The minimum absolute atomic E-state index is 0.892. The third-order valence-corrected chi connectivity index (χ3v) is 3.13. The molecule has 2 aromatic rings. The van der Waals surface area contributed by atoms with Gasteiger partial charge in [-0.2, -0.15) is 5.10 Å². The van der Waals surface area contributed by atoms with Gasteiger partial charge in [-0.1, -0.05) is 73.7 Å². The summed E-state index contributed by atoms with van der Waals surface area (Å²) in [6.45, 7) is 4.13. The van der Waals surface area contributed by atoms with E-state index in [-0.39, 0.29) is 0 Å². The summed E-state index contributed by atoms with van der Waals surface area (Å²) in [4.78, 5) is 0. The van der Waals surface area contributed by atoms with Gasteiger partial charge in [-0.05, 0) is 24.5 Å². The number of nitrogens with zero attached hydrogens (tertiary/aromatic N) is 1. The molecule has 0 unspecified atom stereocenters. The quantitative estimate of drug-likeness (QED) is 0.626. The molecule has 0 aliphatic heterocycles. The van der Waals surface area contributed by atoms with Crippen molar-refractivity contribution >= 4 is 11.4 Å². The lowest BCUT2D eigenvalue weighted by Crippen LogP contribution is -2.10. The molecule has 0 bridgehead atoms. The van der Waals surface area contributed by atoms with E-state index in [4.69, 9.17) is 0 Å². The normalized spacial score (nSPS) is 12.3. The molecule has 0 aliphatic rings. The van der Waals surface area contributed by atoms with Gasteiger partial charge in [-0.25, -0.2) is 0 Å². The van der Waals surface area contributed by atoms with Crippen LogP contribution in [-0.2, 0) is 0 Å². The molecule has 102 valence electrons. The summed E-state index contributed by atoms with van der Waals surface area (Å²) < 4.78 is 0. The summed E-state index contributed by atoms with van der Waals surface area (Å²) in [5.74, 6) is 0. The Kier molecular flexibility index (Phi) is 5.13. The molecule has 2 nitrogen and oxygen atoms in total. The van der Waals surface area contributed by atoms with Crippen LogP contribution in [0, 0.1) is 0 Å². The topological polar surface area (TPSA) is 24.4 Å². The first-order valence-corrected chi connectivity index (χ1v) is 6.95. The molecule has 0 aromatic heterocycles. The first-order chi connectivity index (χ1) is 9.85. The predicted molar refractivity (Wildman–Crippen MR) is 86.5 cm³/mol. The van der Waals surface area contributed by atoms with Crippen LogP contribution in [0.15, 0.2) is 71.8 Å². The van der Waals surface area contributed by atoms with E-state index in [1.807, 2.05) is 49.4 Å². The average molecular weight is 264 g/mol. The zero-order valence-electron chi connectivity index (χ0n) is 12.0. The van der Waals surface area contributed by atoms with E-state index in [9.17, 15) is 0 Å². The molecule has 1 N–H and O–H groups in total. The van der Waals surface area contributed by atoms with Crippen molar-refractivity contribution in [2.24, 2.45) is 5.10 Å². The average Bonchev–Trinajstić information content (AvgIpc) is 2.53. The van der Waals surface area contributed by atoms with Crippen molar-refractivity contribution in [1.82, 2.24) is 5.43 Å². The van der Waals surface area contributed by atoms with Crippen LogP contribution in [0.25, 0.3) is 5.70 Å². The molecule has 0 saturated heterocycles. The van der Waals surface area contributed by atoms with Crippen LogP contribution in [0.1, 0.15) is 31.4 Å². The summed E-state index contributed by atoms with van der Waals surface area (Å²) in [6.07, 6.45) is 2.93. The van der Waals surface area contributed by atoms with Gasteiger partial charge < -0.3 is 0 Å². The highest BCUT2D eigenvalue weighted by molar-refractivity contribution is 6.00. The minimum Gasteiger partial charge on any atom is -0.278 e. The number of nitrogens with one attached hydrogen (secondary N) is 1. The summed E-state index contributed by atoms with van der Waals surface area (Å²) in [6, 6.07) is 20.5. The van der Waals surface area contributed by atoms with Crippen LogP contribution in [0.4, 0.5) is 0 Å². The van der Waals surface area contributed by atoms with Gasteiger partial charge in [0.1, 0.15) is 0 Å². The van der Waals surface area contributed by atoms with Gasteiger partial charge in [0.25, 0.3) is 0 Å². The van der Waals surface area contributed by atoms with Crippen molar-refractivity contribution in [2.75, 3.05) is 0 Å². The standard InChI is InChI=1S/C18H20N2/c1-3-17(15-11-7-5-8-12-15)19-20-18(4-2)16-13-9-6-10-14-16/h3,5-14,19H,4H2,1-2H3/b17-3-,20-18+. The third-order valence-electron chi connectivity index (χ3n) is 3.13. The van der Waals surface area contributed by atoms with Crippen LogP contribution in [-0.4, -0.2) is 5.71 Å². The van der Waals surface area contributed by atoms with Crippen LogP contribution < -0.4 is 5.43 Å². The fourth-order valence-corrected chi connectivity index (χ4v) is 2.02. The monoisotopic (exact) mass is 264 g/mol. The van der Waals surface area contributed by atoms with Crippen LogP contribution in [0.2, 0.25) is 0 Å². The Labute approximate surface area is 120 Å². The lowest BCUT2D eigenvalue weighted by Gasteiger charge is -2.09. The molecule has 20 heavy (non-hydrogen) atoms. The summed E-state index contributed by atoms with van der Waals surface area (Å²) in [5.41, 5.74) is 7.56. The first kappa shape index (κ1) is 14.1. The van der Waals surface area contributed by atoms with E-state index in [1.165, 1.54) is 0 Å². The molecule has 0 amide bonds. The van der Waals surface area contributed by atoms with Crippen LogP contribution in [0.3, 0.4) is 0 Å². The van der Waals surface area contributed by atoms with Gasteiger partial charge in [0.05, 0.1) is 11.4 Å². The highest BCUT2D eigenvalue weighted by Crippen LogP contribution is 2.11. The molecule has 2 heteroatoms. The van der Waals surface area contributed by atoms with E-state index in [0.29, 0.717) is 0 Å². The molecule has 0 aliphatic carbocycles. The maximum Gasteiger partial charge on any atom is 0.0676 e. The fraction of sp³-hybridized carbons (Fsp3) is 0.167. The van der Waals surface area contributed by atoms with Crippen molar-refractivity contribution < 1.29 is 0 Å². The molecule has 0 saturated carbocycles. The Morgan fingerprint density at radius 3 is 2.00 bits per heavy atom. The molecule has 0 fully saturated rings. The van der Waals surface area contributed by atoms with E-state index >= 15 is 0 Å². The fourth-order valence-electron chi connectivity index (χ4n) is 2.02. The highest BCUT2D eigenvalue weighted by atomic mass is 15.3. The lowest BCUT2D eigenvalue weighted by atomic mass is 10.1. The second kappa shape index (κ2) is 7.29. The van der Waals surface area contributed by atoms with Crippen LogP contribution >= 0.6 is 0 Å². The summed E-state index contributed by atoms with van der Waals surface area (Å²) in [5, 5.41) is 4.56. The minimum atomic E-state index is 0.892. The van der Waals surface area contributed by atoms with E-state index in [0.717, 1.165) is 29.0 Å². The van der Waals surface area contributed by atoms with Gasteiger partial charge in [0, 0.05) is 0 Å². The zero-order chi connectivity index (χ0) is 14.2. The Morgan fingerprint density at radius 1 is 0.950 bits per heavy atom. The second-order valence-corrected chi connectivity index (χ2v) is 4.46. The molecule has 0 radical (unpaired) electrons. The maximum atomic E-state index is 4.56. The van der Waals surface area contributed by atoms with Gasteiger partial charge in [0.2, 0.25) is 0 Å². The molecule has 2 rings (SSSR count). The van der Waals surface area contributed by atoms with Crippen molar-refractivity contribution in [3.05, 3.63) is 77.9 Å². The molecule has 2 aromatic carbocycles. The number of hydrogen-bond donors (Lipinski definition) is 1. The van der Waals surface area contributed by atoms with Gasteiger partial charge in [-0.15, -0.1) is 0 Å². The molecular formula is C18H20N2. The number of hydrazone groups is 1. The number of rotatable bonds is 5. The molecule has 0 atom stereocenters. The third kappa shape index (κ3) is 3.58. The molecule has 0 spiro atoms. The Morgan fingerprint density at radius 2 is 1.50 bits per heavy atom. The van der Waals surface area contributed by atoms with Gasteiger partial charge >= 0.3 is 0 Å². The predicted octanol–water partition coefficient (Wildman–Crippen LogP) is 4.45. The zero-order valence-corrected chi connectivity index (χ0v) is 12.0. The lowest BCUT2D eigenvalue weighted by molar-refractivity contribution is 0.974. The maximum absolute atomic E-state index is 4.56. The summed E-state index contributed by atoms with van der Waals surface area (Å²) in [7, 11) is 0. The Balaban J connectivity index is 2.18. The second-order valence-electron chi connectivity index (χ2n) is 4.46. The van der Waals surface area contributed by atoms with E-state index < -0.39 is 0 Å². The van der Waals surface area contributed by atoms with E-state index in [2.05, 4.69) is 41.7 Å². The SMILES string of the molecule is C/C=C(\N/N=C(\CC)c1ccccc1)c1ccccc1. The summed E-state index contributed by atoms with van der Waals surface area (Å²) >= 11 is 0. The molecular weight excluding hydrogens is 244 g/mol. The van der Waals surface area contributed by atoms with Gasteiger partial charge in [0.15, 0.2) is 0 Å². The first-order valence-electron chi connectivity index (χ1n) is 6.95. The van der Waals surface area contributed by atoms with Crippen molar-refractivity contribution in [3.63, 3.8) is 0 Å². The van der Waals surface area contributed by atoms with E-state index in [1.54, 1.807) is 0 Å². The largest absolute Gasteiger partial charge is 0.278 e. The molecule has 0 heterocycles. The van der Waals surface area contributed by atoms with Crippen molar-refractivity contribution in [2.45, 2.75) is 20.3 Å². The number of allylic oxidation sites excluding steroid dienone is 1. The highest BCUT2D eigenvalue weighted by Gasteiger charge is 2.02. The Hall–Kier alpha value is -2.35. The van der Waals surface area contributed by atoms with Crippen molar-refractivity contribution in [1.29, 1.82) is 0 Å². The van der Waals surface area contributed by atoms with Crippen LogP contribution in [0.5, 0.6) is 0 Å². The van der Waals surface area contributed by atoms with Gasteiger partial charge in [-0.3, -0.25) is 5.43 Å². The number of hydrogen-bond acceptors (Lipinski definition) is 2.